The first-order chi connectivity index (χ1) is 25.7. The molecule has 2 bridgehead atoms. The highest BCUT2D eigenvalue weighted by atomic mass is 19.4. The Hall–Kier alpha value is -5.53. The van der Waals surface area contributed by atoms with Gasteiger partial charge in [-0.25, -0.2) is 14.0 Å². The number of aromatic nitrogens is 3. The Bertz CT molecular complexity index is 2080. The Morgan fingerprint density at radius 2 is 1.65 bits per heavy atom. The lowest BCUT2D eigenvalue weighted by Gasteiger charge is -2.39. The number of likely N-dealkylation sites (tertiary alicyclic amines) is 1. The van der Waals surface area contributed by atoms with E-state index >= 15 is 4.39 Å². The molecule has 4 heterocycles. The lowest BCUT2D eigenvalue weighted by atomic mass is 9.81. The van der Waals surface area contributed by atoms with Crippen LogP contribution in [0.15, 0.2) is 42.6 Å². The Balaban J connectivity index is 0.000000355. The van der Waals surface area contributed by atoms with Gasteiger partial charge < -0.3 is 35.6 Å². The monoisotopic (exact) mass is 784 g/mol. The van der Waals surface area contributed by atoms with Crippen molar-refractivity contribution in [3.05, 3.63) is 48.4 Å². The van der Waals surface area contributed by atoms with Gasteiger partial charge in [-0.2, -0.15) is 36.3 Å². The largest absolute Gasteiger partial charge is 0.508 e. The summed E-state index contributed by atoms with van der Waals surface area (Å²) in [5.74, 6) is -5.61. The van der Waals surface area contributed by atoms with E-state index in [0.717, 1.165) is 49.4 Å². The van der Waals surface area contributed by atoms with Crippen molar-refractivity contribution in [3.8, 4) is 23.0 Å². The molecule has 1 aliphatic carbocycles. The molecular formula is C35H35F7N6O7. The van der Waals surface area contributed by atoms with Gasteiger partial charge in [0.1, 0.15) is 29.4 Å². The van der Waals surface area contributed by atoms with E-state index in [-0.39, 0.29) is 34.9 Å². The Morgan fingerprint density at radius 3 is 2.25 bits per heavy atom. The number of ether oxygens (including phenoxy) is 1. The van der Waals surface area contributed by atoms with E-state index in [0.29, 0.717) is 42.4 Å². The zero-order chi connectivity index (χ0) is 40.5. The maximum atomic E-state index is 16.5. The number of phenolic OH excluding ortho intramolecular Hbond substituents is 1. The molecule has 3 aliphatic rings. The number of alkyl halides is 6. The number of nitrogens with zero attached hydrogens (tertiary/aromatic N) is 5. The van der Waals surface area contributed by atoms with Gasteiger partial charge in [0.05, 0.1) is 10.8 Å². The number of carbonyl (C=O) groups excluding carboxylic acids is 1. The number of phenols is 1. The predicted octanol–water partition coefficient (Wildman–Crippen LogP) is 5.52. The van der Waals surface area contributed by atoms with Crippen LogP contribution >= 0.6 is 0 Å². The molecule has 2 aromatic carbocycles. The summed E-state index contributed by atoms with van der Waals surface area (Å²) in [6.45, 7) is 2.50. The lowest BCUT2D eigenvalue weighted by Crippen LogP contribution is -2.49. The number of anilines is 1. The van der Waals surface area contributed by atoms with Crippen LogP contribution in [0.2, 0.25) is 0 Å². The van der Waals surface area contributed by atoms with Crippen molar-refractivity contribution in [3.63, 3.8) is 0 Å². The van der Waals surface area contributed by atoms with E-state index < -0.39 is 35.5 Å². The molecule has 7 rings (SSSR count). The number of carbonyl (C=O) groups is 3. The molecule has 2 aliphatic heterocycles. The number of fused-ring (bicyclic) bond motifs is 4. The highest BCUT2D eigenvalue weighted by molar-refractivity contribution is 6.00. The zero-order valence-corrected chi connectivity index (χ0v) is 29.0. The number of piperidine rings is 1. The first-order valence-electron chi connectivity index (χ1n) is 16.8. The molecule has 20 heteroatoms. The summed E-state index contributed by atoms with van der Waals surface area (Å²) in [4.78, 5) is 48.5. The van der Waals surface area contributed by atoms with Crippen molar-refractivity contribution in [2.24, 2.45) is 17.1 Å². The molecule has 3 atom stereocenters. The summed E-state index contributed by atoms with van der Waals surface area (Å²) in [6, 6.07) is 11.0. The molecule has 296 valence electrons. The topological polar surface area (TPSA) is 192 Å². The van der Waals surface area contributed by atoms with Crippen LogP contribution in [0, 0.1) is 17.2 Å². The van der Waals surface area contributed by atoms with Crippen molar-refractivity contribution >= 4 is 45.3 Å². The average Bonchev–Trinajstić information content (AvgIpc) is 3.67. The molecule has 0 spiro atoms. The smallest absolute Gasteiger partial charge is 0.490 e. The number of carboxylic acid groups (broad SMARTS) is 2. The summed E-state index contributed by atoms with van der Waals surface area (Å²) < 4.78 is 86.1. The summed E-state index contributed by atoms with van der Waals surface area (Å²) in [5.41, 5.74) is 5.92. The molecule has 13 nitrogen and oxygen atoms in total. The number of rotatable bonds is 6. The minimum atomic E-state index is -5.08. The van der Waals surface area contributed by atoms with Gasteiger partial charge in [-0.05, 0) is 74.5 Å². The first-order valence-corrected chi connectivity index (χ1v) is 16.8. The van der Waals surface area contributed by atoms with E-state index in [4.69, 9.17) is 35.3 Å². The van der Waals surface area contributed by atoms with Crippen LogP contribution in [-0.4, -0.2) is 105 Å². The standard InChI is InChI=1S/C31H33FN6O3.2C2HF3O2/c1-37-10-4-6-20(37)16-41-30-35-27-24(28(36-30)38-15-18-8-9-31(13-18,17-38)29(33)40)14-34-26(25(27)32)23-12-21(39)11-19-5-2-3-7-22(19)23;2*3-2(4,5)1(6)7/h2-3,5,7,11-12,14,18,20,39H,4,6,8-10,13,15-17H2,1H3,(H2,33,40);2*(H,6,7)/t18?,20-,31?;;/m0../s1. The highest BCUT2D eigenvalue weighted by Crippen LogP contribution is 2.48. The number of aliphatic carboxylic acids is 2. The van der Waals surface area contributed by atoms with Gasteiger partial charge in [0, 0.05) is 30.9 Å². The van der Waals surface area contributed by atoms with Gasteiger partial charge in [0.25, 0.3) is 0 Å². The molecule has 0 radical (unpaired) electrons. The van der Waals surface area contributed by atoms with Crippen molar-refractivity contribution in [1.82, 2.24) is 19.9 Å². The molecule has 2 saturated heterocycles. The summed E-state index contributed by atoms with van der Waals surface area (Å²) >= 11 is 0. The summed E-state index contributed by atoms with van der Waals surface area (Å²) in [5, 5.41) is 26.6. The second-order valence-electron chi connectivity index (χ2n) is 13.6. The number of halogens is 7. The molecule has 1 saturated carbocycles. The lowest BCUT2D eigenvalue weighted by molar-refractivity contribution is -0.193. The van der Waals surface area contributed by atoms with Crippen LogP contribution in [0.5, 0.6) is 11.8 Å². The van der Waals surface area contributed by atoms with Gasteiger partial charge in [-0.3, -0.25) is 9.78 Å². The third-order valence-corrected chi connectivity index (χ3v) is 9.81. The molecule has 55 heavy (non-hydrogen) atoms. The average molecular weight is 785 g/mol. The molecule has 1 amide bonds. The van der Waals surface area contributed by atoms with E-state index in [1.165, 1.54) is 6.07 Å². The van der Waals surface area contributed by atoms with Gasteiger partial charge in [-0.15, -0.1) is 0 Å². The second-order valence-corrected chi connectivity index (χ2v) is 13.6. The van der Waals surface area contributed by atoms with Crippen molar-refractivity contribution in [2.75, 3.05) is 38.2 Å². The van der Waals surface area contributed by atoms with Crippen LogP contribution in [0.1, 0.15) is 32.1 Å². The van der Waals surface area contributed by atoms with E-state index in [2.05, 4.69) is 21.9 Å². The van der Waals surface area contributed by atoms with E-state index in [9.17, 15) is 36.2 Å². The third-order valence-electron chi connectivity index (χ3n) is 9.81. The van der Waals surface area contributed by atoms with Crippen molar-refractivity contribution in [2.45, 2.75) is 50.5 Å². The minimum Gasteiger partial charge on any atom is -0.508 e. The maximum absolute atomic E-state index is 16.5. The van der Waals surface area contributed by atoms with E-state index in [1.807, 2.05) is 29.2 Å². The van der Waals surface area contributed by atoms with Crippen LogP contribution in [0.3, 0.4) is 0 Å². The molecule has 3 fully saturated rings. The third kappa shape index (κ3) is 9.06. The summed E-state index contributed by atoms with van der Waals surface area (Å²) in [7, 11) is 2.07. The molecule has 2 aromatic heterocycles. The predicted molar refractivity (Wildman–Crippen MR) is 182 cm³/mol. The SMILES string of the molecule is CN1CCC[C@H]1COc1nc(N2CC3CCC(C(N)=O)(C3)C2)c2cnc(-c3cc(O)cc4ccccc34)c(F)c2n1.O=C(O)C(F)(F)F.O=C(O)C(F)(F)F. The van der Waals surface area contributed by atoms with E-state index in [1.54, 1.807) is 12.3 Å². The van der Waals surface area contributed by atoms with Gasteiger partial charge in [-0.1, -0.05) is 24.3 Å². The molecule has 4 aromatic rings. The van der Waals surface area contributed by atoms with Crippen LogP contribution in [-0.2, 0) is 14.4 Å². The number of carboxylic acids is 2. The van der Waals surface area contributed by atoms with Gasteiger partial charge in [0.2, 0.25) is 5.91 Å². The maximum Gasteiger partial charge on any atom is 0.490 e. The number of amides is 1. The molecule has 2 unspecified atom stereocenters. The first kappa shape index (κ1) is 40.7. The Kier molecular flexibility index (Phi) is 11.6. The van der Waals surface area contributed by atoms with Crippen molar-refractivity contribution in [1.29, 1.82) is 0 Å². The number of aromatic hydroxyl groups is 1. The molecule has 5 N–H and O–H groups in total. The Morgan fingerprint density at radius 1 is 1.00 bits per heavy atom. The number of likely N-dealkylation sites (N-methyl/N-ethyl adjacent to an activating group) is 1. The van der Waals surface area contributed by atoms with Gasteiger partial charge in [0.15, 0.2) is 5.82 Å². The van der Waals surface area contributed by atoms with Gasteiger partial charge >= 0.3 is 30.3 Å². The second kappa shape index (κ2) is 15.7. The number of hydrogen-bond donors (Lipinski definition) is 4. The van der Waals surface area contributed by atoms with Crippen molar-refractivity contribution < 1.29 is 65.2 Å². The Labute approximate surface area is 307 Å². The fourth-order valence-corrected chi connectivity index (χ4v) is 7.11. The normalized spacial score (nSPS) is 21.1. The summed E-state index contributed by atoms with van der Waals surface area (Å²) in [6.07, 6.45) is -4.05. The number of primary amides is 1. The minimum absolute atomic E-state index is 0.0219. The number of benzene rings is 2. The van der Waals surface area contributed by atoms with Crippen LogP contribution in [0.4, 0.5) is 36.6 Å². The molecular weight excluding hydrogens is 749 g/mol. The van der Waals surface area contributed by atoms with Crippen LogP contribution < -0.4 is 15.4 Å². The number of hydrogen-bond acceptors (Lipinski definition) is 10. The fraction of sp³-hybridized carbons (Fsp3) is 0.429. The zero-order valence-electron chi connectivity index (χ0n) is 29.0. The quantitative estimate of drug-likeness (QED) is 0.179. The fourth-order valence-electron chi connectivity index (χ4n) is 7.11. The highest BCUT2D eigenvalue weighted by Gasteiger charge is 2.49. The number of nitrogens with two attached hydrogens (primary N) is 1. The van der Waals surface area contributed by atoms with Crippen LogP contribution in [0.25, 0.3) is 32.9 Å². The number of pyridine rings is 1.